The third-order valence-electron chi connectivity index (χ3n) is 3.12. The van der Waals surface area contributed by atoms with E-state index in [9.17, 15) is 0 Å². The molecule has 87 valence electrons. The minimum atomic E-state index is 0.358. The molecule has 17 heavy (non-hydrogen) atoms. The van der Waals surface area contributed by atoms with E-state index in [4.69, 9.17) is 10.8 Å². The lowest BCUT2D eigenvalue weighted by atomic mass is 9.86. The summed E-state index contributed by atoms with van der Waals surface area (Å²) in [5.74, 6) is 0.358. The molecule has 1 aliphatic rings. The fourth-order valence-electron chi connectivity index (χ4n) is 2.14. The van der Waals surface area contributed by atoms with Gasteiger partial charge in [-0.05, 0) is 35.6 Å². The van der Waals surface area contributed by atoms with Crippen molar-refractivity contribution in [1.82, 2.24) is 0 Å². The molecule has 3 N–H and O–H groups in total. The highest BCUT2D eigenvalue weighted by Crippen LogP contribution is 2.28. The van der Waals surface area contributed by atoms with Crippen LogP contribution in [0.2, 0.25) is 0 Å². The first kappa shape index (κ1) is 12.2. The summed E-state index contributed by atoms with van der Waals surface area (Å²) in [6.07, 6.45) is 6.97. The van der Waals surface area contributed by atoms with Crippen molar-refractivity contribution in [2.24, 2.45) is 5.73 Å². The van der Waals surface area contributed by atoms with E-state index in [1.54, 1.807) is 0 Å². The Kier molecular flexibility index (Phi) is 3.82. The van der Waals surface area contributed by atoms with Gasteiger partial charge in [0.05, 0.1) is 0 Å². The van der Waals surface area contributed by atoms with Crippen molar-refractivity contribution < 1.29 is 5.02 Å². The van der Waals surface area contributed by atoms with Crippen LogP contribution in [0.25, 0.3) is 6.08 Å². The largest absolute Gasteiger partial charge is 0.450 e. The maximum Gasteiger partial charge on any atom is 0.326 e. The molecule has 0 aromatic heterocycles. The Morgan fingerprint density at radius 3 is 2.94 bits per heavy atom. The van der Waals surface area contributed by atoms with E-state index in [-0.39, 0.29) is 0 Å². The molecule has 0 spiro atoms. The highest BCUT2D eigenvalue weighted by Gasteiger charge is 2.11. The molecule has 2 nitrogen and oxygen atoms in total. The number of rotatable bonds is 3. The van der Waals surface area contributed by atoms with Gasteiger partial charge >= 0.3 is 7.48 Å². The topological polar surface area (TPSA) is 46.2 Å². The van der Waals surface area contributed by atoms with Crippen molar-refractivity contribution in [3.63, 3.8) is 0 Å². The van der Waals surface area contributed by atoms with Gasteiger partial charge in [0.2, 0.25) is 0 Å². The molecular formula is C14H17BNO. The van der Waals surface area contributed by atoms with E-state index in [0.29, 0.717) is 12.5 Å². The minimum Gasteiger partial charge on any atom is -0.450 e. The van der Waals surface area contributed by atoms with Crippen LogP contribution in [0.3, 0.4) is 0 Å². The summed E-state index contributed by atoms with van der Waals surface area (Å²) in [5, 5.41) is 9.11. The molecule has 1 unspecified atom stereocenters. The zero-order valence-electron chi connectivity index (χ0n) is 10.1. The quantitative estimate of drug-likeness (QED) is 0.772. The van der Waals surface area contributed by atoms with Crippen LogP contribution in [0.1, 0.15) is 29.5 Å². The number of hydrogen-bond acceptors (Lipinski definition) is 2. The van der Waals surface area contributed by atoms with Gasteiger partial charge < -0.3 is 10.8 Å². The van der Waals surface area contributed by atoms with Gasteiger partial charge in [0, 0.05) is 0 Å². The molecule has 0 saturated carbocycles. The van der Waals surface area contributed by atoms with Gasteiger partial charge in [0.15, 0.2) is 0 Å². The maximum atomic E-state index is 9.11. The molecule has 0 bridgehead atoms. The fourth-order valence-corrected chi connectivity index (χ4v) is 2.14. The van der Waals surface area contributed by atoms with Crippen molar-refractivity contribution in [3.8, 4) is 0 Å². The smallest absolute Gasteiger partial charge is 0.326 e. The Labute approximate surface area is 103 Å². The van der Waals surface area contributed by atoms with Gasteiger partial charge in [-0.25, -0.2) is 0 Å². The third kappa shape index (κ3) is 2.68. The highest BCUT2D eigenvalue weighted by atomic mass is 16.2. The molecule has 1 aliphatic carbocycles. The van der Waals surface area contributed by atoms with Gasteiger partial charge in [-0.3, -0.25) is 0 Å². The summed E-state index contributed by atoms with van der Waals surface area (Å²) in [7, 11) is 1.14. The van der Waals surface area contributed by atoms with E-state index in [1.165, 1.54) is 16.7 Å². The van der Waals surface area contributed by atoms with Crippen LogP contribution >= 0.6 is 0 Å². The second kappa shape index (κ2) is 5.34. The van der Waals surface area contributed by atoms with Crippen LogP contribution in [0.4, 0.5) is 0 Å². The van der Waals surface area contributed by atoms with Crippen LogP contribution in [0, 0.1) is 0 Å². The van der Waals surface area contributed by atoms with Crippen molar-refractivity contribution in [3.05, 3.63) is 52.5 Å². The predicted molar refractivity (Wildman–Crippen MR) is 72.7 cm³/mol. The fraction of sp³-hybridized carbons (Fsp3) is 0.286. The Morgan fingerprint density at radius 1 is 1.41 bits per heavy atom. The van der Waals surface area contributed by atoms with Crippen LogP contribution in [-0.2, 0) is 6.42 Å². The molecule has 0 aliphatic heterocycles. The Balaban J connectivity index is 2.44. The Bertz CT molecular complexity index is 465. The molecule has 3 heteroatoms. The van der Waals surface area contributed by atoms with E-state index in [1.807, 2.05) is 12.2 Å². The number of benzene rings is 1. The monoisotopic (exact) mass is 226 g/mol. The van der Waals surface area contributed by atoms with Gasteiger partial charge in [-0.15, -0.1) is 0 Å². The Morgan fingerprint density at radius 2 is 2.24 bits per heavy atom. The summed E-state index contributed by atoms with van der Waals surface area (Å²) in [6, 6.07) is 6.43. The summed E-state index contributed by atoms with van der Waals surface area (Å²) in [4.78, 5) is 0. The molecule has 1 aromatic rings. The maximum absolute atomic E-state index is 9.11. The van der Waals surface area contributed by atoms with E-state index in [2.05, 4.69) is 31.2 Å². The summed E-state index contributed by atoms with van der Waals surface area (Å²) in [5.41, 5.74) is 10.2. The SMILES string of the molecule is CC1C=CC([B]O)=Cc2ccc(CCN)cc21. The van der Waals surface area contributed by atoms with Gasteiger partial charge in [0.25, 0.3) is 0 Å². The van der Waals surface area contributed by atoms with Crippen LogP contribution in [-0.4, -0.2) is 19.1 Å². The van der Waals surface area contributed by atoms with Crippen molar-refractivity contribution in [2.75, 3.05) is 6.54 Å². The van der Waals surface area contributed by atoms with Gasteiger partial charge in [-0.2, -0.15) is 0 Å². The van der Waals surface area contributed by atoms with Crippen molar-refractivity contribution >= 4 is 13.6 Å². The second-order valence-electron chi connectivity index (χ2n) is 4.42. The first-order valence-electron chi connectivity index (χ1n) is 5.95. The molecule has 0 fully saturated rings. The number of hydrogen-bond donors (Lipinski definition) is 2. The standard InChI is InChI=1S/C14H17BNO/c1-10-2-5-13(15-17)9-12-4-3-11(6-7-16)8-14(10)12/h2-5,8-10,17H,6-7,16H2,1H3. The normalized spacial score (nSPS) is 18.3. The van der Waals surface area contributed by atoms with Crippen LogP contribution < -0.4 is 5.73 Å². The first-order chi connectivity index (χ1) is 8.24. The summed E-state index contributed by atoms with van der Waals surface area (Å²) < 4.78 is 0. The number of nitrogens with two attached hydrogens (primary N) is 1. The van der Waals surface area contributed by atoms with Gasteiger partial charge in [0.1, 0.15) is 0 Å². The third-order valence-corrected chi connectivity index (χ3v) is 3.12. The average Bonchev–Trinajstić information content (AvgIpc) is 2.50. The summed E-state index contributed by atoms with van der Waals surface area (Å²) in [6.45, 7) is 2.84. The Hall–Kier alpha value is -1.32. The molecule has 1 radical (unpaired) electrons. The molecule has 0 saturated heterocycles. The lowest BCUT2D eigenvalue weighted by Crippen LogP contribution is -2.04. The first-order valence-corrected chi connectivity index (χ1v) is 5.95. The number of fused-ring (bicyclic) bond motifs is 1. The molecule has 1 aromatic carbocycles. The number of allylic oxidation sites excluding steroid dienone is 3. The second-order valence-corrected chi connectivity index (χ2v) is 4.42. The van der Waals surface area contributed by atoms with Crippen molar-refractivity contribution in [1.29, 1.82) is 0 Å². The highest BCUT2D eigenvalue weighted by molar-refractivity contribution is 6.39. The zero-order valence-corrected chi connectivity index (χ0v) is 10.1. The van der Waals surface area contributed by atoms with Crippen LogP contribution in [0.15, 0.2) is 35.8 Å². The van der Waals surface area contributed by atoms with E-state index in [0.717, 1.165) is 19.4 Å². The minimum absolute atomic E-state index is 0.358. The molecular weight excluding hydrogens is 209 g/mol. The van der Waals surface area contributed by atoms with Crippen molar-refractivity contribution in [2.45, 2.75) is 19.3 Å². The summed E-state index contributed by atoms with van der Waals surface area (Å²) >= 11 is 0. The van der Waals surface area contributed by atoms with E-state index >= 15 is 0 Å². The van der Waals surface area contributed by atoms with Crippen LogP contribution in [0.5, 0.6) is 0 Å². The molecule has 0 heterocycles. The molecule has 0 amide bonds. The zero-order chi connectivity index (χ0) is 12.3. The lowest BCUT2D eigenvalue weighted by molar-refractivity contribution is 0.612. The molecule has 2 rings (SSSR count). The van der Waals surface area contributed by atoms with E-state index < -0.39 is 0 Å². The molecule has 1 atom stereocenters. The lowest BCUT2D eigenvalue weighted by Gasteiger charge is -2.12. The predicted octanol–water partition coefficient (Wildman–Crippen LogP) is 1.81. The van der Waals surface area contributed by atoms with Gasteiger partial charge in [-0.1, -0.05) is 48.8 Å². The average molecular weight is 226 g/mol.